The number of pyridine rings is 1. The zero-order valence-electron chi connectivity index (χ0n) is 15.8. The molecule has 138 valence electrons. The first-order valence-electron chi connectivity index (χ1n) is 9.53. The van der Waals surface area contributed by atoms with Gasteiger partial charge in [-0.2, -0.15) is 0 Å². The summed E-state index contributed by atoms with van der Waals surface area (Å²) in [7, 11) is 0. The quantitative estimate of drug-likeness (QED) is 0.702. The van der Waals surface area contributed by atoms with Gasteiger partial charge in [0, 0.05) is 24.0 Å². The van der Waals surface area contributed by atoms with Crippen molar-refractivity contribution in [1.82, 2.24) is 4.98 Å². The molecule has 4 nitrogen and oxygen atoms in total. The van der Waals surface area contributed by atoms with Crippen LogP contribution in [0.2, 0.25) is 0 Å². The molecule has 3 aromatic rings. The summed E-state index contributed by atoms with van der Waals surface area (Å²) in [6.07, 6.45) is 2.14. The number of aryl methyl sites for hydroxylation is 1. The largest absolute Gasteiger partial charge is 0.478 e. The molecule has 1 N–H and O–H groups in total. The predicted molar refractivity (Wildman–Crippen MR) is 109 cm³/mol. The van der Waals surface area contributed by atoms with Crippen molar-refractivity contribution in [2.24, 2.45) is 5.92 Å². The van der Waals surface area contributed by atoms with E-state index in [1.54, 1.807) is 0 Å². The van der Waals surface area contributed by atoms with Gasteiger partial charge in [0.25, 0.3) is 0 Å². The van der Waals surface area contributed by atoms with Gasteiger partial charge in [0.05, 0.1) is 22.5 Å². The number of rotatable bonds is 3. The van der Waals surface area contributed by atoms with E-state index in [1.807, 2.05) is 55.5 Å². The highest BCUT2D eigenvalue weighted by Crippen LogP contribution is 2.39. The summed E-state index contributed by atoms with van der Waals surface area (Å²) in [6.45, 7) is 5.97. The second kappa shape index (κ2) is 7.03. The number of aromatic nitrogens is 1. The van der Waals surface area contributed by atoms with Gasteiger partial charge >= 0.3 is 5.97 Å². The van der Waals surface area contributed by atoms with Gasteiger partial charge in [-0.3, -0.25) is 0 Å². The van der Waals surface area contributed by atoms with Crippen LogP contribution in [0.15, 0.2) is 48.5 Å². The molecule has 1 aliphatic heterocycles. The van der Waals surface area contributed by atoms with Crippen molar-refractivity contribution in [3.63, 3.8) is 0 Å². The lowest BCUT2D eigenvalue weighted by molar-refractivity contribution is 0.0699. The SMILES string of the molecule is Cc1cccc2c(C(=O)O)c(N3CCC(C)CC3)c(-c3ccccc3)nc12. The van der Waals surface area contributed by atoms with E-state index in [4.69, 9.17) is 4.98 Å². The minimum Gasteiger partial charge on any atom is -0.478 e. The smallest absolute Gasteiger partial charge is 0.338 e. The molecule has 0 saturated carbocycles. The van der Waals surface area contributed by atoms with Gasteiger partial charge in [-0.25, -0.2) is 9.78 Å². The average Bonchev–Trinajstić information content (AvgIpc) is 2.68. The number of anilines is 1. The average molecular weight is 360 g/mol. The maximum absolute atomic E-state index is 12.4. The summed E-state index contributed by atoms with van der Waals surface area (Å²) in [4.78, 5) is 19.6. The van der Waals surface area contributed by atoms with Crippen molar-refractivity contribution in [3.8, 4) is 11.3 Å². The Kier molecular flexibility index (Phi) is 4.56. The monoisotopic (exact) mass is 360 g/mol. The molecule has 2 aromatic carbocycles. The van der Waals surface area contributed by atoms with Crippen molar-refractivity contribution in [1.29, 1.82) is 0 Å². The van der Waals surface area contributed by atoms with Gasteiger partial charge in [-0.05, 0) is 31.2 Å². The van der Waals surface area contributed by atoms with Crippen LogP contribution in [-0.4, -0.2) is 29.1 Å². The molecule has 0 spiro atoms. The van der Waals surface area contributed by atoms with Gasteiger partial charge in [-0.1, -0.05) is 55.5 Å². The van der Waals surface area contributed by atoms with Gasteiger partial charge < -0.3 is 10.0 Å². The lowest BCUT2D eigenvalue weighted by atomic mass is 9.94. The Morgan fingerprint density at radius 3 is 2.44 bits per heavy atom. The molecule has 0 amide bonds. The van der Waals surface area contributed by atoms with Crippen LogP contribution in [0.25, 0.3) is 22.2 Å². The van der Waals surface area contributed by atoms with Crippen LogP contribution in [0.1, 0.15) is 35.7 Å². The molecule has 1 saturated heterocycles. The van der Waals surface area contributed by atoms with E-state index in [9.17, 15) is 9.90 Å². The van der Waals surface area contributed by atoms with Crippen LogP contribution >= 0.6 is 0 Å². The topological polar surface area (TPSA) is 53.4 Å². The zero-order valence-corrected chi connectivity index (χ0v) is 15.8. The van der Waals surface area contributed by atoms with Crippen LogP contribution in [0.5, 0.6) is 0 Å². The van der Waals surface area contributed by atoms with E-state index in [1.165, 1.54) is 0 Å². The number of benzene rings is 2. The van der Waals surface area contributed by atoms with Crippen molar-refractivity contribution < 1.29 is 9.90 Å². The lowest BCUT2D eigenvalue weighted by Gasteiger charge is -2.34. The van der Waals surface area contributed by atoms with Crippen molar-refractivity contribution >= 4 is 22.6 Å². The Balaban J connectivity index is 2.05. The molecule has 0 aliphatic carbocycles. The highest BCUT2D eigenvalue weighted by molar-refractivity contribution is 6.11. The molecular formula is C23H24N2O2. The van der Waals surface area contributed by atoms with Gasteiger partial charge in [-0.15, -0.1) is 0 Å². The Labute approximate surface area is 159 Å². The first-order valence-corrected chi connectivity index (χ1v) is 9.53. The van der Waals surface area contributed by atoms with Gasteiger partial charge in [0.1, 0.15) is 0 Å². The number of carboxylic acids is 1. The number of hydrogen-bond donors (Lipinski definition) is 1. The number of nitrogens with zero attached hydrogens (tertiary/aromatic N) is 2. The molecule has 2 heterocycles. The molecule has 0 radical (unpaired) electrons. The summed E-state index contributed by atoms with van der Waals surface area (Å²) in [5.74, 6) is -0.218. The maximum atomic E-state index is 12.4. The third kappa shape index (κ3) is 3.16. The molecule has 4 rings (SSSR count). The Morgan fingerprint density at radius 1 is 1.07 bits per heavy atom. The summed E-state index contributed by atoms with van der Waals surface area (Å²) in [5.41, 5.74) is 4.62. The van der Waals surface area contributed by atoms with E-state index in [2.05, 4.69) is 11.8 Å². The maximum Gasteiger partial charge on any atom is 0.338 e. The number of fused-ring (bicyclic) bond motifs is 1. The predicted octanol–water partition coefficient (Wildman–Crippen LogP) is 5.14. The lowest BCUT2D eigenvalue weighted by Crippen LogP contribution is -2.34. The Hall–Kier alpha value is -2.88. The highest BCUT2D eigenvalue weighted by atomic mass is 16.4. The van der Waals surface area contributed by atoms with Crippen LogP contribution < -0.4 is 4.90 Å². The molecule has 27 heavy (non-hydrogen) atoms. The third-order valence-electron chi connectivity index (χ3n) is 5.55. The Bertz CT molecular complexity index is 990. The molecule has 4 heteroatoms. The molecular weight excluding hydrogens is 336 g/mol. The normalized spacial score (nSPS) is 15.3. The molecule has 0 bridgehead atoms. The zero-order chi connectivity index (χ0) is 19.0. The van der Waals surface area contributed by atoms with E-state index in [0.717, 1.165) is 59.3 Å². The number of aromatic carboxylic acids is 1. The fraction of sp³-hybridized carbons (Fsp3) is 0.304. The van der Waals surface area contributed by atoms with Crippen molar-refractivity contribution in [3.05, 3.63) is 59.7 Å². The van der Waals surface area contributed by atoms with E-state index < -0.39 is 5.97 Å². The second-order valence-corrected chi connectivity index (χ2v) is 7.50. The van der Waals surface area contributed by atoms with E-state index >= 15 is 0 Å². The number of piperidine rings is 1. The molecule has 1 fully saturated rings. The standard InChI is InChI=1S/C23H24N2O2/c1-15-11-13-25(14-12-15)22-19(23(26)27)18-10-6-7-16(2)20(18)24-21(22)17-8-4-3-5-9-17/h3-10,15H,11-14H2,1-2H3,(H,26,27). The molecule has 0 atom stereocenters. The number of para-hydroxylation sites is 1. The summed E-state index contributed by atoms with van der Waals surface area (Å²) < 4.78 is 0. The van der Waals surface area contributed by atoms with Crippen LogP contribution in [0, 0.1) is 12.8 Å². The number of carbonyl (C=O) groups is 1. The van der Waals surface area contributed by atoms with Crippen LogP contribution in [0.3, 0.4) is 0 Å². The molecule has 1 aromatic heterocycles. The molecule has 1 aliphatic rings. The van der Waals surface area contributed by atoms with Crippen molar-refractivity contribution in [2.45, 2.75) is 26.7 Å². The minimum absolute atomic E-state index is 0.372. The van der Waals surface area contributed by atoms with Crippen LogP contribution in [0.4, 0.5) is 5.69 Å². The fourth-order valence-corrected chi connectivity index (χ4v) is 3.97. The first kappa shape index (κ1) is 17.5. The van der Waals surface area contributed by atoms with Crippen molar-refractivity contribution in [2.75, 3.05) is 18.0 Å². The fourth-order valence-electron chi connectivity index (χ4n) is 3.97. The summed E-state index contributed by atoms with van der Waals surface area (Å²) in [6, 6.07) is 15.7. The van der Waals surface area contributed by atoms with Gasteiger partial charge in [0.15, 0.2) is 0 Å². The molecule has 0 unspecified atom stereocenters. The summed E-state index contributed by atoms with van der Waals surface area (Å²) >= 11 is 0. The van der Waals surface area contributed by atoms with Crippen LogP contribution in [-0.2, 0) is 0 Å². The summed E-state index contributed by atoms with van der Waals surface area (Å²) in [5, 5.41) is 10.9. The Morgan fingerprint density at radius 2 is 1.78 bits per heavy atom. The second-order valence-electron chi connectivity index (χ2n) is 7.50. The first-order chi connectivity index (χ1) is 13.1. The highest BCUT2D eigenvalue weighted by Gasteiger charge is 2.28. The third-order valence-corrected chi connectivity index (χ3v) is 5.55. The van der Waals surface area contributed by atoms with E-state index in [-0.39, 0.29) is 0 Å². The van der Waals surface area contributed by atoms with Gasteiger partial charge in [0.2, 0.25) is 0 Å². The minimum atomic E-state index is -0.890. The van der Waals surface area contributed by atoms with E-state index in [0.29, 0.717) is 11.5 Å². The number of hydrogen-bond acceptors (Lipinski definition) is 3. The number of carboxylic acid groups (broad SMARTS) is 1.